The number of methoxy groups -OCH3 is 1. The molecule has 0 N–H and O–H groups in total. The summed E-state index contributed by atoms with van der Waals surface area (Å²) >= 11 is 12.6. The van der Waals surface area contributed by atoms with E-state index in [4.69, 9.17) is 46.6 Å². The van der Waals surface area contributed by atoms with Crippen LogP contribution in [0.15, 0.2) is 45.6 Å². The van der Waals surface area contributed by atoms with E-state index < -0.39 is 5.60 Å². The van der Waals surface area contributed by atoms with Gasteiger partial charge in [0.1, 0.15) is 29.5 Å². The minimum Gasteiger partial charge on any atom is -0.496 e. The van der Waals surface area contributed by atoms with Crippen molar-refractivity contribution in [3.8, 4) is 22.8 Å². The normalized spacial score (nSPS) is 17.5. The van der Waals surface area contributed by atoms with Gasteiger partial charge in [0.15, 0.2) is 11.0 Å². The third kappa shape index (κ3) is 5.97. The molecule has 2 aromatic carbocycles. The van der Waals surface area contributed by atoms with E-state index in [1.165, 1.54) is 13.2 Å². The summed E-state index contributed by atoms with van der Waals surface area (Å²) in [6.45, 7) is 6.13. The van der Waals surface area contributed by atoms with Crippen molar-refractivity contribution in [3.05, 3.63) is 56.7 Å². The fraction of sp³-hybridized carbons (Fsp3) is 0.407. The maximum Gasteiger partial charge on any atom is 0.309 e. The number of rotatable bonds is 8. The Morgan fingerprint density at radius 2 is 1.81 bits per heavy atom. The van der Waals surface area contributed by atoms with Gasteiger partial charge in [0, 0.05) is 12.1 Å². The number of hydrogen-bond acceptors (Lipinski definition) is 7. The monoisotopic (exact) mass is 534 g/mol. The van der Waals surface area contributed by atoms with Gasteiger partial charge in [0.2, 0.25) is 0 Å². The first kappa shape index (κ1) is 26.3. The topological polar surface area (TPSA) is 84.2 Å². The largest absolute Gasteiger partial charge is 0.496 e. The molecular formula is C27H28Cl2O7. The zero-order valence-electron chi connectivity index (χ0n) is 20.6. The van der Waals surface area contributed by atoms with Crippen LogP contribution in [0, 0.1) is 5.92 Å². The number of carbonyl (C=O) groups excluding carboxylic acids is 1. The lowest BCUT2D eigenvalue weighted by molar-refractivity contribution is -0.169. The average molecular weight is 535 g/mol. The van der Waals surface area contributed by atoms with E-state index in [0.717, 1.165) is 0 Å². The lowest BCUT2D eigenvalue weighted by atomic mass is 9.82. The first-order chi connectivity index (χ1) is 17.1. The van der Waals surface area contributed by atoms with Crippen molar-refractivity contribution in [1.82, 2.24) is 0 Å². The number of para-hydroxylation sites is 1. The number of esters is 1. The van der Waals surface area contributed by atoms with Crippen molar-refractivity contribution in [3.63, 3.8) is 0 Å². The minimum absolute atomic E-state index is 0.00959. The molecule has 0 saturated heterocycles. The summed E-state index contributed by atoms with van der Waals surface area (Å²) < 4.78 is 28.5. The van der Waals surface area contributed by atoms with Crippen LogP contribution in [0.5, 0.6) is 11.5 Å². The van der Waals surface area contributed by atoms with Crippen molar-refractivity contribution in [2.75, 3.05) is 20.3 Å². The summed E-state index contributed by atoms with van der Waals surface area (Å²) in [6.07, 6.45) is 1.25. The molecule has 36 heavy (non-hydrogen) atoms. The van der Waals surface area contributed by atoms with Crippen LogP contribution in [0.3, 0.4) is 0 Å². The molecule has 3 aromatic rings. The van der Waals surface area contributed by atoms with Crippen molar-refractivity contribution >= 4 is 40.1 Å². The predicted molar refractivity (Wildman–Crippen MR) is 138 cm³/mol. The molecule has 4 rings (SSSR count). The van der Waals surface area contributed by atoms with Gasteiger partial charge < -0.3 is 23.4 Å². The molecule has 0 spiro atoms. The summed E-state index contributed by atoms with van der Waals surface area (Å²) in [4.78, 5) is 24.7. The second kappa shape index (κ2) is 10.7. The second-order valence-corrected chi connectivity index (χ2v) is 10.4. The quantitative estimate of drug-likeness (QED) is 0.248. The minimum atomic E-state index is -0.491. The Kier molecular flexibility index (Phi) is 7.83. The van der Waals surface area contributed by atoms with Gasteiger partial charge in [-0.25, -0.2) is 0 Å². The van der Waals surface area contributed by atoms with Gasteiger partial charge >= 0.3 is 5.97 Å². The SMILES string of the molecule is COc1cc(Cl)c(OCCOC2CC(C(=O)OC(C)(C)C)C2)cc1-c1cc(=O)c2cccc(Cl)c2o1. The van der Waals surface area contributed by atoms with Gasteiger partial charge in [-0.05, 0) is 51.8 Å². The molecular weight excluding hydrogens is 507 g/mol. The number of benzene rings is 2. The van der Waals surface area contributed by atoms with Crippen LogP contribution in [-0.4, -0.2) is 38.0 Å². The summed E-state index contributed by atoms with van der Waals surface area (Å²) in [5, 5.41) is 1.06. The van der Waals surface area contributed by atoms with Gasteiger partial charge in [-0.2, -0.15) is 0 Å². The number of halogens is 2. The summed E-state index contributed by atoms with van der Waals surface area (Å²) in [6, 6.07) is 9.64. The van der Waals surface area contributed by atoms with Crippen LogP contribution in [-0.2, 0) is 14.3 Å². The van der Waals surface area contributed by atoms with Crippen molar-refractivity contribution < 1.29 is 28.2 Å². The van der Waals surface area contributed by atoms with Crippen LogP contribution in [0.1, 0.15) is 33.6 Å². The molecule has 1 aromatic heterocycles. The second-order valence-electron chi connectivity index (χ2n) is 9.62. The standard InChI is InChI=1S/C27H28Cl2O7/c1-27(2,3)36-26(31)15-10-16(11-15)33-8-9-34-24-12-18(22(32-4)13-20(24)29)23-14-21(30)17-6-5-7-19(28)25(17)35-23/h5-7,12-16H,8-11H2,1-4H3. The Morgan fingerprint density at radius 3 is 2.50 bits per heavy atom. The molecule has 0 aliphatic heterocycles. The van der Waals surface area contributed by atoms with Crippen molar-refractivity contribution in [2.45, 2.75) is 45.3 Å². The highest BCUT2D eigenvalue weighted by Crippen LogP contribution is 2.39. The van der Waals surface area contributed by atoms with Gasteiger partial charge in [-0.3, -0.25) is 9.59 Å². The van der Waals surface area contributed by atoms with Gasteiger partial charge in [0.25, 0.3) is 0 Å². The Morgan fingerprint density at radius 1 is 1.06 bits per heavy atom. The lowest BCUT2D eigenvalue weighted by Gasteiger charge is -2.35. The molecule has 192 valence electrons. The van der Waals surface area contributed by atoms with Crippen LogP contribution in [0.4, 0.5) is 0 Å². The smallest absolute Gasteiger partial charge is 0.309 e. The predicted octanol–water partition coefficient (Wildman–Crippen LogP) is 6.29. The van der Waals surface area contributed by atoms with Crippen LogP contribution < -0.4 is 14.9 Å². The zero-order valence-corrected chi connectivity index (χ0v) is 22.1. The van der Waals surface area contributed by atoms with Crippen LogP contribution in [0.25, 0.3) is 22.3 Å². The Labute approximate surface area is 219 Å². The maximum atomic E-state index is 12.7. The molecule has 0 unspecified atom stereocenters. The highest BCUT2D eigenvalue weighted by atomic mass is 35.5. The van der Waals surface area contributed by atoms with E-state index in [2.05, 4.69) is 0 Å². The molecule has 1 aliphatic carbocycles. The Balaban J connectivity index is 1.41. The first-order valence-electron chi connectivity index (χ1n) is 11.6. The molecule has 1 fully saturated rings. The average Bonchev–Trinajstić information content (AvgIpc) is 2.77. The van der Waals surface area contributed by atoms with E-state index in [-0.39, 0.29) is 35.8 Å². The molecule has 0 radical (unpaired) electrons. The van der Waals surface area contributed by atoms with Crippen LogP contribution in [0.2, 0.25) is 10.0 Å². The van der Waals surface area contributed by atoms with E-state index in [0.29, 0.717) is 57.5 Å². The highest BCUT2D eigenvalue weighted by Gasteiger charge is 2.37. The maximum absolute atomic E-state index is 12.7. The molecule has 1 aliphatic rings. The Hall–Kier alpha value is -2.74. The molecule has 0 atom stereocenters. The zero-order chi connectivity index (χ0) is 26.0. The molecule has 0 bridgehead atoms. The molecule has 1 saturated carbocycles. The fourth-order valence-electron chi connectivity index (χ4n) is 3.93. The van der Waals surface area contributed by atoms with Gasteiger partial charge in [-0.15, -0.1) is 0 Å². The Bertz CT molecular complexity index is 1320. The van der Waals surface area contributed by atoms with Crippen molar-refractivity contribution in [2.24, 2.45) is 5.92 Å². The summed E-state index contributed by atoms with van der Waals surface area (Å²) in [7, 11) is 1.50. The molecule has 7 nitrogen and oxygen atoms in total. The molecule has 9 heteroatoms. The van der Waals surface area contributed by atoms with Gasteiger partial charge in [-0.1, -0.05) is 29.3 Å². The van der Waals surface area contributed by atoms with E-state index >= 15 is 0 Å². The summed E-state index contributed by atoms with van der Waals surface area (Å²) in [5.74, 6) is 0.772. The number of carbonyl (C=O) groups is 1. The number of hydrogen-bond donors (Lipinski definition) is 0. The van der Waals surface area contributed by atoms with E-state index in [1.807, 2.05) is 20.8 Å². The third-order valence-electron chi connectivity index (χ3n) is 5.76. The van der Waals surface area contributed by atoms with E-state index in [9.17, 15) is 9.59 Å². The first-order valence-corrected chi connectivity index (χ1v) is 12.4. The van der Waals surface area contributed by atoms with Crippen molar-refractivity contribution in [1.29, 1.82) is 0 Å². The number of ether oxygens (including phenoxy) is 4. The number of fused-ring (bicyclic) bond motifs is 1. The highest BCUT2D eigenvalue weighted by molar-refractivity contribution is 6.34. The molecule has 1 heterocycles. The lowest BCUT2D eigenvalue weighted by Crippen LogP contribution is -2.40. The molecule has 0 amide bonds. The fourth-order valence-corrected chi connectivity index (χ4v) is 4.35. The van der Waals surface area contributed by atoms with Gasteiger partial charge in [0.05, 0.1) is 46.7 Å². The van der Waals surface area contributed by atoms with Crippen LogP contribution >= 0.6 is 23.2 Å². The van der Waals surface area contributed by atoms with E-state index in [1.54, 1.807) is 30.3 Å². The summed E-state index contributed by atoms with van der Waals surface area (Å²) in [5.41, 5.74) is 0.0668. The third-order valence-corrected chi connectivity index (χ3v) is 6.35.